The molecule has 0 unspecified atom stereocenters. The Morgan fingerprint density at radius 1 is 1.04 bits per heavy atom. The molecule has 2 aromatic rings. The molecule has 1 saturated heterocycles. The molecule has 27 heavy (non-hydrogen) atoms. The topological polar surface area (TPSA) is 61.4 Å². The van der Waals surface area contributed by atoms with Crippen LogP contribution in [0.15, 0.2) is 36.7 Å². The summed E-state index contributed by atoms with van der Waals surface area (Å²) in [6.07, 6.45) is 3.21. The molecule has 0 bridgehead atoms. The van der Waals surface area contributed by atoms with E-state index in [0.717, 1.165) is 38.4 Å². The predicted molar refractivity (Wildman–Crippen MR) is 109 cm³/mol. The molecule has 6 heteroatoms. The third-order valence-electron chi connectivity index (χ3n) is 5.01. The van der Waals surface area contributed by atoms with E-state index in [1.165, 1.54) is 5.56 Å². The van der Waals surface area contributed by atoms with E-state index in [4.69, 9.17) is 0 Å². The number of rotatable bonds is 4. The van der Waals surface area contributed by atoms with Crippen LogP contribution in [0.2, 0.25) is 0 Å². The number of anilines is 2. The molecule has 2 heterocycles. The highest BCUT2D eigenvalue weighted by Gasteiger charge is 2.18. The Kier molecular flexibility index (Phi) is 5.75. The summed E-state index contributed by atoms with van der Waals surface area (Å²) in [6, 6.07) is 7.96. The van der Waals surface area contributed by atoms with E-state index < -0.39 is 0 Å². The first-order chi connectivity index (χ1) is 12.9. The minimum atomic E-state index is -0.194. The second-order valence-electron chi connectivity index (χ2n) is 7.97. The zero-order chi connectivity index (χ0) is 19.4. The zero-order valence-electron chi connectivity index (χ0n) is 16.7. The summed E-state index contributed by atoms with van der Waals surface area (Å²) in [6.45, 7) is 13.6. The summed E-state index contributed by atoms with van der Waals surface area (Å²) in [5.41, 5.74) is 2.56. The number of aromatic nitrogens is 2. The number of nitrogens with zero attached hydrogens (tertiary/aromatic N) is 4. The van der Waals surface area contributed by atoms with Gasteiger partial charge < -0.3 is 15.1 Å². The summed E-state index contributed by atoms with van der Waals surface area (Å²) in [4.78, 5) is 25.8. The van der Waals surface area contributed by atoms with Crippen molar-refractivity contribution in [3.63, 3.8) is 0 Å². The van der Waals surface area contributed by atoms with Crippen LogP contribution < -0.4 is 10.2 Å². The molecular formula is C21H29N5O. The van der Waals surface area contributed by atoms with Gasteiger partial charge in [-0.25, -0.2) is 9.97 Å². The van der Waals surface area contributed by atoms with Crippen molar-refractivity contribution in [3.8, 4) is 0 Å². The third kappa shape index (κ3) is 4.83. The van der Waals surface area contributed by atoms with Crippen LogP contribution in [-0.2, 0) is 5.41 Å². The normalized spacial score (nSPS) is 15.6. The van der Waals surface area contributed by atoms with Crippen LogP contribution in [0.3, 0.4) is 0 Å². The molecule has 1 amide bonds. The number of carbonyl (C=O) groups excluding carboxylic acids is 1. The maximum Gasteiger partial charge on any atom is 0.258 e. The van der Waals surface area contributed by atoms with Gasteiger partial charge in [-0.05, 0) is 29.7 Å². The molecule has 1 aromatic carbocycles. The smallest absolute Gasteiger partial charge is 0.258 e. The molecule has 1 N–H and O–H groups in total. The fraction of sp³-hybridized carbons (Fsp3) is 0.476. The summed E-state index contributed by atoms with van der Waals surface area (Å²) in [5.74, 6) is 0.498. The second-order valence-corrected chi connectivity index (χ2v) is 7.97. The number of hydrogen-bond donors (Lipinski definition) is 1. The Morgan fingerprint density at radius 3 is 2.15 bits per heavy atom. The van der Waals surface area contributed by atoms with E-state index in [2.05, 4.69) is 52.8 Å². The van der Waals surface area contributed by atoms with Gasteiger partial charge in [-0.2, -0.15) is 0 Å². The van der Waals surface area contributed by atoms with Crippen LogP contribution in [-0.4, -0.2) is 53.5 Å². The number of carbonyl (C=O) groups is 1. The second kappa shape index (κ2) is 8.05. The summed E-state index contributed by atoms with van der Waals surface area (Å²) < 4.78 is 0. The maximum absolute atomic E-state index is 12.5. The lowest BCUT2D eigenvalue weighted by Gasteiger charge is -2.33. The van der Waals surface area contributed by atoms with Crippen LogP contribution in [0.4, 0.5) is 11.6 Å². The molecule has 0 spiro atoms. The number of piperazine rings is 1. The van der Waals surface area contributed by atoms with Crippen LogP contribution in [0.1, 0.15) is 43.6 Å². The third-order valence-corrected chi connectivity index (χ3v) is 5.01. The van der Waals surface area contributed by atoms with Crippen LogP contribution in [0.5, 0.6) is 0 Å². The van der Waals surface area contributed by atoms with Gasteiger partial charge in [0.15, 0.2) is 0 Å². The van der Waals surface area contributed by atoms with Gasteiger partial charge in [-0.3, -0.25) is 4.79 Å². The van der Waals surface area contributed by atoms with Gasteiger partial charge in [0.05, 0.1) is 5.56 Å². The minimum Gasteiger partial charge on any atom is -0.338 e. The number of benzene rings is 1. The molecule has 3 rings (SSSR count). The lowest BCUT2D eigenvalue weighted by Crippen LogP contribution is -2.46. The van der Waals surface area contributed by atoms with Crippen LogP contribution in [0, 0.1) is 0 Å². The molecule has 144 valence electrons. The highest BCUT2D eigenvalue weighted by Crippen LogP contribution is 2.23. The average molecular weight is 367 g/mol. The molecule has 1 aliphatic heterocycles. The van der Waals surface area contributed by atoms with Gasteiger partial charge >= 0.3 is 0 Å². The van der Waals surface area contributed by atoms with E-state index in [1.54, 1.807) is 12.4 Å². The van der Waals surface area contributed by atoms with Crippen molar-refractivity contribution >= 4 is 17.5 Å². The minimum absolute atomic E-state index is 0.0921. The van der Waals surface area contributed by atoms with E-state index in [0.29, 0.717) is 11.5 Å². The molecule has 0 saturated carbocycles. The quantitative estimate of drug-likeness (QED) is 0.899. The lowest BCUT2D eigenvalue weighted by molar-refractivity contribution is 0.102. The van der Waals surface area contributed by atoms with Gasteiger partial charge in [0.1, 0.15) is 0 Å². The summed E-state index contributed by atoms with van der Waals surface area (Å²) in [7, 11) is 0. The Hall–Kier alpha value is -2.47. The molecule has 1 aliphatic rings. The molecule has 0 atom stereocenters. The van der Waals surface area contributed by atoms with Crippen molar-refractivity contribution in [2.45, 2.75) is 33.1 Å². The number of hydrogen-bond acceptors (Lipinski definition) is 5. The monoisotopic (exact) mass is 367 g/mol. The fourth-order valence-corrected chi connectivity index (χ4v) is 3.12. The average Bonchev–Trinajstić information content (AvgIpc) is 2.68. The summed E-state index contributed by atoms with van der Waals surface area (Å²) >= 11 is 0. The van der Waals surface area contributed by atoms with Gasteiger partial charge in [-0.15, -0.1) is 0 Å². The van der Waals surface area contributed by atoms with Crippen molar-refractivity contribution in [3.05, 3.63) is 47.8 Å². The maximum atomic E-state index is 12.5. The van der Waals surface area contributed by atoms with Gasteiger partial charge in [0.25, 0.3) is 5.91 Å². The summed E-state index contributed by atoms with van der Waals surface area (Å²) in [5, 5.41) is 2.91. The lowest BCUT2D eigenvalue weighted by atomic mass is 9.87. The largest absolute Gasteiger partial charge is 0.338 e. The molecular weight excluding hydrogens is 338 g/mol. The Morgan fingerprint density at radius 2 is 1.63 bits per heavy atom. The predicted octanol–water partition coefficient (Wildman–Crippen LogP) is 3.17. The van der Waals surface area contributed by atoms with Crippen molar-refractivity contribution in [1.29, 1.82) is 0 Å². The van der Waals surface area contributed by atoms with Crippen molar-refractivity contribution in [2.24, 2.45) is 0 Å². The Bertz CT molecular complexity index is 757. The molecule has 6 nitrogen and oxygen atoms in total. The SMILES string of the molecule is CCN1CCN(c2ncc(C(=O)Nc3ccc(C(C)(C)C)cc3)cn2)CC1. The number of nitrogens with one attached hydrogen (secondary N) is 1. The first kappa shape index (κ1) is 19.3. The molecule has 0 aliphatic carbocycles. The number of likely N-dealkylation sites (N-methyl/N-ethyl adjacent to an activating group) is 1. The van der Waals surface area contributed by atoms with Gasteiger partial charge in [0, 0.05) is 44.3 Å². The Balaban J connectivity index is 1.61. The molecule has 1 fully saturated rings. The van der Waals surface area contributed by atoms with Crippen molar-refractivity contribution in [2.75, 3.05) is 42.9 Å². The van der Waals surface area contributed by atoms with Gasteiger partial charge in [-0.1, -0.05) is 39.8 Å². The van der Waals surface area contributed by atoms with E-state index in [9.17, 15) is 4.79 Å². The van der Waals surface area contributed by atoms with E-state index in [-0.39, 0.29) is 11.3 Å². The van der Waals surface area contributed by atoms with Crippen LogP contribution in [0.25, 0.3) is 0 Å². The standard InChI is InChI=1S/C21H29N5O/c1-5-25-10-12-26(13-11-25)20-22-14-16(15-23-20)19(27)24-18-8-6-17(7-9-18)21(2,3)4/h6-9,14-15H,5,10-13H2,1-4H3,(H,24,27). The van der Waals surface area contributed by atoms with E-state index >= 15 is 0 Å². The zero-order valence-corrected chi connectivity index (χ0v) is 16.7. The Labute approximate surface area is 161 Å². The van der Waals surface area contributed by atoms with Gasteiger partial charge in [0.2, 0.25) is 5.95 Å². The highest BCUT2D eigenvalue weighted by atomic mass is 16.1. The van der Waals surface area contributed by atoms with Crippen molar-refractivity contribution < 1.29 is 4.79 Å². The highest BCUT2D eigenvalue weighted by molar-refractivity contribution is 6.03. The molecule has 0 radical (unpaired) electrons. The fourth-order valence-electron chi connectivity index (χ4n) is 3.12. The first-order valence-electron chi connectivity index (χ1n) is 9.58. The molecule has 1 aromatic heterocycles. The van der Waals surface area contributed by atoms with Crippen LogP contribution >= 0.6 is 0 Å². The van der Waals surface area contributed by atoms with E-state index in [1.807, 2.05) is 24.3 Å². The number of amides is 1. The first-order valence-corrected chi connectivity index (χ1v) is 9.58. The van der Waals surface area contributed by atoms with Crippen molar-refractivity contribution in [1.82, 2.24) is 14.9 Å².